The Morgan fingerprint density at radius 3 is 3.00 bits per heavy atom. The molecule has 1 aliphatic heterocycles. The lowest BCUT2D eigenvalue weighted by Gasteiger charge is -2.30. The van der Waals surface area contributed by atoms with Crippen molar-refractivity contribution in [2.24, 2.45) is 0 Å². The molecule has 1 atom stereocenters. The van der Waals surface area contributed by atoms with Gasteiger partial charge in [0.05, 0.1) is 0 Å². The van der Waals surface area contributed by atoms with Crippen LogP contribution < -0.4 is 0 Å². The van der Waals surface area contributed by atoms with Crippen molar-refractivity contribution in [3.8, 4) is 11.8 Å². The largest absolute Gasteiger partial charge is 0.384 e. The van der Waals surface area contributed by atoms with Crippen molar-refractivity contribution in [3.63, 3.8) is 0 Å². The van der Waals surface area contributed by atoms with E-state index in [0.29, 0.717) is 10.8 Å². The second-order valence-corrected chi connectivity index (χ2v) is 6.53. The summed E-state index contributed by atoms with van der Waals surface area (Å²) in [6.45, 7) is 5.54. The fraction of sp³-hybridized carbons (Fsp3) is 0.438. The van der Waals surface area contributed by atoms with Crippen LogP contribution in [0.3, 0.4) is 0 Å². The molecule has 106 valence electrons. The average Bonchev–Trinajstić information content (AvgIpc) is 2.43. The highest BCUT2D eigenvalue weighted by molar-refractivity contribution is 7.99. The molecule has 4 heteroatoms. The van der Waals surface area contributed by atoms with Crippen LogP contribution in [0.15, 0.2) is 18.2 Å². The molecule has 0 spiro atoms. The number of carbonyl (C=O) groups excluding carboxylic acids is 1. The van der Waals surface area contributed by atoms with Crippen LogP contribution >= 0.6 is 11.8 Å². The first kappa shape index (κ1) is 15.0. The van der Waals surface area contributed by atoms with Crippen LogP contribution in [0.4, 0.5) is 0 Å². The van der Waals surface area contributed by atoms with Gasteiger partial charge >= 0.3 is 0 Å². The molecule has 1 unspecified atom stereocenters. The van der Waals surface area contributed by atoms with Crippen molar-refractivity contribution in [1.82, 2.24) is 4.90 Å². The number of aliphatic hydroxyl groups is 1. The first-order valence-corrected chi connectivity index (χ1v) is 7.77. The molecule has 1 aromatic rings. The van der Waals surface area contributed by atoms with E-state index in [0.717, 1.165) is 30.0 Å². The van der Waals surface area contributed by atoms with Gasteiger partial charge in [-0.15, -0.1) is 0 Å². The van der Waals surface area contributed by atoms with Crippen molar-refractivity contribution in [2.45, 2.75) is 19.1 Å². The SMILES string of the molecule is Cc1cc(C#CCO)cc(C(=O)N2CCSC(C)C2)c1. The standard InChI is InChI=1S/C16H19NO2S/c1-12-8-14(4-3-6-18)10-15(9-12)16(19)17-5-7-20-13(2)11-17/h8-10,13,18H,5-7,11H2,1-2H3. The van der Waals surface area contributed by atoms with Crippen LogP contribution in [0.2, 0.25) is 0 Å². The van der Waals surface area contributed by atoms with Crippen LogP contribution in [-0.4, -0.2) is 46.6 Å². The fourth-order valence-electron chi connectivity index (χ4n) is 2.31. The van der Waals surface area contributed by atoms with E-state index in [1.165, 1.54) is 0 Å². The van der Waals surface area contributed by atoms with Gasteiger partial charge in [-0.05, 0) is 30.7 Å². The van der Waals surface area contributed by atoms with Crippen LogP contribution in [-0.2, 0) is 0 Å². The average molecular weight is 289 g/mol. The summed E-state index contributed by atoms with van der Waals surface area (Å²) in [6, 6.07) is 5.64. The highest BCUT2D eigenvalue weighted by Gasteiger charge is 2.22. The molecule has 20 heavy (non-hydrogen) atoms. The van der Waals surface area contributed by atoms with Gasteiger partial charge in [0.15, 0.2) is 0 Å². The molecule has 0 bridgehead atoms. The van der Waals surface area contributed by atoms with Gasteiger partial charge in [0.2, 0.25) is 0 Å². The molecule has 2 rings (SSSR count). The Kier molecular flexibility index (Phi) is 5.11. The minimum Gasteiger partial charge on any atom is -0.384 e. The number of amides is 1. The maximum absolute atomic E-state index is 12.5. The van der Waals surface area contributed by atoms with E-state index in [-0.39, 0.29) is 12.5 Å². The Hall–Kier alpha value is -1.44. The smallest absolute Gasteiger partial charge is 0.253 e. The van der Waals surface area contributed by atoms with Gasteiger partial charge in [-0.25, -0.2) is 0 Å². The van der Waals surface area contributed by atoms with Gasteiger partial charge < -0.3 is 10.0 Å². The summed E-state index contributed by atoms with van der Waals surface area (Å²) in [7, 11) is 0. The van der Waals surface area contributed by atoms with Gasteiger partial charge in [-0.1, -0.05) is 18.8 Å². The third-order valence-corrected chi connectivity index (χ3v) is 4.30. The normalized spacial score (nSPS) is 18.4. The molecule has 1 N–H and O–H groups in total. The summed E-state index contributed by atoms with van der Waals surface area (Å²) in [5, 5.41) is 9.25. The van der Waals surface area contributed by atoms with Crippen LogP contribution in [0, 0.1) is 18.8 Å². The number of thioether (sulfide) groups is 1. The maximum Gasteiger partial charge on any atom is 0.253 e. The minimum atomic E-state index is -0.169. The predicted molar refractivity (Wildman–Crippen MR) is 83.0 cm³/mol. The third-order valence-electron chi connectivity index (χ3n) is 3.16. The molecule has 1 fully saturated rings. The van der Waals surface area contributed by atoms with Gasteiger partial charge in [-0.3, -0.25) is 4.79 Å². The summed E-state index contributed by atoms with van der Waals surface area (Å²) in [5.74, 6) is 6.56. The topological polar surface area (TPSA) is 40.5 Å². The molecule has 1 aliphatic rings. The molecule has 1 saturated heterocycles. The quantitative estimate of drug-likeness (QED) is 0.803. The lowest BCUT2D eigenvalue weighted by atomic mass is 10.1. The Labute approximate surface area is 124 Å². The summed E-state index contributed by atoms with van der Waals surface area (Å²) >= 11 is 1.91. The third kappa shape index (κ3) is 3.78. The second-order valence-electron chi connectivity index (χ2n) is 4.98. The van der Waals surface area contributed by atoms with E-state index in [9.17, 15) is 4.79 Å². The van der Waals surface area contributed by atoms with E-state index < -0.39 is 0 Å². The van der Waals surface area contributed by atoms with Gasteiger partial charge in [0.1, 0.15) is 6.61 Å². The van der Waals surface area contributed by atoms with Crippen molar-refractivity contribution in [3.05, 3.63) is 34.9 Å². The van der Waals surface area contributed by atoms with Crippen LogP contribution in [0.5, 0.6) is 0 Å². The Bertz CT molecular complexity index is 559. The molecule has 0 aliphatic carbocycles. The Balaban J connectivity index is 2.22. The first-order chi connectivity index (χ1) is 9.60. The molecule has 1 heterocycles. The molecule has 3 nitrogen and oxygen atoms in total. The van der Waals surface area contributed by atoms with Crippen molar-refractivity contribution >= 4 is 17.7 Å². The lowest BCUT2D eigenvalue weighted by Crippen LogP contribution is -2.41. The fourth-order valence-corrected chi connectivity index (χ4v) is 3.32. The van der Waals surface area contributed by atoms with Gasteiger partial charge in [-0.2, -0.15) is 11.8 Å². The number of aliphatic hydroxyl groups excluding tert-OH is 1. The Morgan fingerprint density at radius 1 is 1.50 bits per heavy atom. The number of rotatable bonds is 1. The van der Waals surface area contributed by atoms with E-state index in [1.54, 1.807) is 0 Å². The number of nitrogens with zero attached hydrogens (tertiary/aromatic N) is 1. The monoisotopic (exact) mass is 289 g/mol. The van der Waals surface area contributed by atoms with E-state index >= 15 is 0 Å². The molecule has 1 aromatic carbocycles. The molecule has 0 radical (unpaired) electrons. The first-order valence-electron chi connectivity index (χ1n) is 6.72. The highest BCUT2D eigenvalue weighted by Crippen LogP contribution is 2.20. The maximum atomic E-state index is 12.5. The number of aryl methyl sites for hydroxylation is 1. The zero-order valence-electron chi connectivity index (χ0n) is 11.8. The summed E-state index contributed by atoms with van der Waals surface area (Å²) in [6.07, 6.45) is 0. The minimum absolute atomic E-state index is 0.0768. The van der Waals surface area contributed by atoms with Crippen molar-refractivity contribution < 1.29 is 9.90 Å². The van der Waals surface area contributed by atoms with Crippen LogP contribution in [0.25, 0.3) is 0 Å². The van der Waals surface area contributed by atoms with E-state index in [2.05, 4.69) is 18.8 Å². The lowest BCUT2D eigenvalue weighted by molar-refractivity contribution is 0.0763. The van der Waals surface area contributed by atoms with Gasteiger partial charge in [0.25, 0.3) is 5.91 Å². The van der Waals surface area contributed by atoms with E-state index in [4.69, 9.17) is 5.11 Å². The summed E-state index contributed by atoms with van der Waals surface area (Å²) in [4.78, 5) is 14.5. The summed E-state index contributed by atoms with van der Waals surface area (Å²) in [5.41, 5.74) is 2.48. The Morgan fingerprint density at radius 2 is 2.30 bits per heavy atom. The van der Waals surface area contributed by atoms with Crippen LogP contribution in [0.1, 0.15) is 28.4 Å². The highest BCUT2D eigenvalue weighted by atomic mass is 32.2. The number of hydrogen-bond acceptors (Lipinski definition) is 3. The zero-order valence-corrected chi connectivity index (χ0v) is 12.7. The molecular formula is C16H19NO2S. The van der Waals surface area contributed by atoms with Gasteiger partial charge in [0, 0.05) is 35.2 Å². The number of hydrogen-bond donors (Lipinski definition) is 1. The van der Waals surface area contributed by atoms with E-state index in [1.807, 2.05) is 41.8 Å². The predicted octanol–water partition coefficient (Wildman–Crippen LogP) is 1.92. The number of benzene rings is 1. The number of carbonyl (C=O) groups is 1. The molecule has 1 amide bonds. The zero-order chi connectivity index (χ0) is 14.5. The molecule has 0 aromatic heterocycles. The molecular weight excluding hydrogens is 270 g/mol. The molecule has 0 saturated carbocycles. The summed E-state index contributed by atoms with van der Waals surface area (Å²) < 4.78 is 0. The van der Waals surface area contributed by atoms with Crippen molar-refractivity contribution in [2.75, 3.05) is 25.4 Å². The second kappa shape index (κ2) is 6.83. The van der Waals surface area contributed by atoms with Crippen molar-refractivity contribution in [1.29, 1.82) is 0 Å².